The van der Waals surface area contributed by atoms with Gasteiger partial charge in [0.05, 0.1) is 13.2 Å². The summed E-state index contributed by atoms with van der Waals surface area (Å²) in [6.07, 6.45) is -0.309. The van der Waals surface area contributed by atoms with E-state index in [-0.39, 0.29) is 18.8 Å². The minimum absolute atomic E-state index is 0.147. The first-order chi connectivity index (χ1) is 11.9. The summed E-state index contributed by atoms with van der Waals surface area (Å²) in [6.45, 7) is 8.75. The van der Waals surface area contributed by atoms with Crippen molar-refractivity contribution in [1.29, 1.82) is 0 Å². The molecule has 0 aliphatic rings. The standard InChI is InChI=1S/C9H17NO4.C7H13NO4/c1-3-13-8(11)6-5-7(10)9(12)14-4-2;1-7(2,3)12-6(11)8-4-5(9)10/h7H,3-6,10H2,1-2H3;4H2,1-3H3,(H,8,11)(H,9,10). The van der Waals surface area contributed by atoms with Crippen LogP contribution in [0.3, 0.4) is 0 Å². The number of alkyl carbamates (subject to hydrolysis) is 1. The summed E-state index contributed by atoms with van der Waals surface area (Å²) in [6, 6.07) is -0.737. The van der Waals surface area contributed by atoms with Crippen LogP contribution in [0.15, 0.2) is 0 Å². The van der Waals surface area contributed by atoms with Gasteiger partial charge in [-0.25, -0.2) is 4.79 Å². The van der Waals surface area contributed by atoms with Crippen LogP contribution in [0.5, 0.6) is 0 Å². The second-order valence-electron chi connectivity index (χ2n) is 5.95. The van der Waals surface area contributed by atoms with E-state index in [0.29, 0.717) is 13.2 Å². The van der Waals surface area contributed by atoms with Gasteiger partial charge in [-0.2, -0.15) is 0 Å². The largest absolute Gasteiger partial charge is 0.480 e. The third-order valence-corrected chi connectivity index (χ3v) is 2.34. The molecule has 1 amide bonds. The first-order valence-corrected chi connectivity index (χ1v) is 8.19. The Morgan fingerprint density at radius 2 is 1.62 bits per heavy atom. The molecular weight excluding hydrogens is 348 g/mol. The molecule has 0 fully saturated rings. The van der Waals surface area contributed by atoms with E-state index >= 15 is 0 Å². The van der Waals surface area contributed by atoms with Gasteiger partial charge >= 0.3 is 24.0 Å². The maximum absolute atomic E-state index is 11.0. The molecule has 1 unspecified atom stereocenters. The average molecular weight is 378 g/mol. The molecule has 0 aliphatic heterocycles. The lowest BCUT2D eigenvalue weighted by atomic mass is 10.2. The highest BCUT2D eigenvalue weighted by molar-refractivity contribution is 5.77. The Kier molecular flexibility index (Phi) is 13.8. The maximum Gasteiger partial charge on any atom is 0.408 e. The number of nitrogens with two attached hydrogens (primary N) is 1. The highest BCUT2D eigenvalue weighted by Gasteiger charge is 2.16. The van der Waals surface area contributed by atoms with Crippen LogP contribution < -0.4 is 11.1 Å². The fraction of sp³-hybridized carbons (Fsp3) is 0.750. The second kappa shape index (κ2) is 13.9. The van der Waals surface area contributed by atoms with Gasteiger partial charge in [0.25, 0.3) is 0 Å². The van der Waals surface area contributed by atoms with E-state index in [1.807, 2.05) is 0 Å². The summed E-state index contributed by atoms with van der Waals surface area (Å²) >= 11 is 0. The molecule has 26 heavy (non-hydrogen) atoms. The molecule has 0 saturated carbocycles. The number of aliphatic carboxylic acids is 1. The summed E-state index contributed by atoms with van der Waals surface area (Å²) < 4.78 is 14.1. The molecule has 0 heterocycles. The van der Waals surface area contributed by atoms with Crippen molar-refractivity contribution >= 4 is 24.0 Å². The number of carbonyl (C=O) groups is 4. The van der Waals surface area contributed by atoms with Gasteiger partial charge in [0, 0.05) is 6.42 Å². The molecule has 10 nitrogen and oxygen atoms in total. The van der Waals surface area contributed by atoms with Crippen LogP contribution in [0, 0.1) is 0 Å². The van der Waals surface area contributed by atoms with E-state index in [1.54, 1.807) is 34.6 Å². The van der Waals surface area contributed by atoms with Gasteiger partial charge < -0.3 is 30.4 Å². The molecule has 0 rings (SSSR count). The highest BCUT2D eigenvalue weighted by Crippen LogP contribution is 2.05. The zero-order valence-corrected chi connectivity index (χ0v) is 16.0. The molecule has 0 saturated heterocycles. The number of carbonyl (C=O) groups excluding carboxylic acids is 3. The van der Waals surface area contributed by atoms with Crippen molar-refractivity contribution in [2.45, 2.75) is 59.1 Å². The monoisotopic (exact) mass is 378 g/mol. The quantitative estimate of drug-likeness (QED) is 0.411. The third kappa shape index (κ3) is 18.0. The SMILES string of the molecule is CC(C)(C)OC(=O)NCC(=O)O.CCOC(=O)CCC(N)C(=O)OCC. The Labute approximate surface area is 153 Å². The fourth-order valence-corrected chi connectivity index (χ4v) is 1.34. The average Bonchev–Trinajstić information content (AvgIpc) is 2.50. The summed E-state index contributed by atoms with van der Waals surface area (Å²) in [5.41, 5.74) is 4.87. The smallest absolute Gasteiger partial charge is 0.408 e. The van der Waals surface area contributed by atoms with E-state index in [9.17, 15) is 19.2 Å². The molecular formula is C16H30N2O8. The lowest BCUT2D eigenvalue weighted by Gasteiger charge is -2.19. The molecule has 152 valence electrons. The van der Waals surface area contributed by atoms with Crippen LogP contribution in [-0.4, -0.2) is 60.5 Å². The molecule has 4 N–H and O–H groups in total. The number of esters is 2. The molecule has 10 heteroatoms. The van der Waals surface area contributed by atoms with Gasteiger partial charge in [-0.05, 0) is 41.0 Å². The topological polar surface area (TPSA) is 154 Å². The van der Waals surface area contributed by atoms with E-state index in [2.05, 4.69) is 14.8 Å². The van der Waals surface area contributed by atoms with Gasteiger partial charge in [-0.1, -0.05) is 0 Å². The summed E-state index contributed by atoms with van der Waals surface area (Å²) in [5.74, 6) is -1.91. The zero-order chi connectivity index (χ0) is 20.8. The van der Waals surface area contributed by atoms with Crippen LogP contribution in [0.25, 0.3) is 0 Å². The van der Waals surface area contributed by atoms with Crippen molar-refractivity contribution in [2.75, 3.05) is 19.8 Å². The number of amides is 1. The first kappa shape index (κ1) is 25.9. The number of nitrogens with one attached hydrogen (secondary N) is 1. The molecule has 0 aromatic carbocycles. The molecule has 0 aromatic rings. The van der Waals surface area contributed by atoms with Gasteiger partial charge in [0.1, 0.15) is 18.2 Å². The molecule has 0 aliphatic carbocycles. The number of hydrogen-bond acceptors (Lipinski definition) is 8. The van der Waals surface area contributed by atoms with Crippen LogP contribution in [0.1, 0.15) is 47.5 Å². The van der Waals surface area contributed by atoms with Crippen LogP contribution in [0.2, 0.25) is 0 Å². The molecule has 1 atom stereocenters. The van der Waals surface area contributed by atoms with E-state index < -0.39 is 36.2 Å². The molecule has 0 radical (unpaired) electrons. The van der Waals surface area contributed by atoms with Crippen molar-refractivity contribution in [2.24, 2.45) is 5.73 Å². The van der Waals surface area contributed by atoms with Gasteiger partial charge in [-0.15, -0.1) is 0 Å². The Bertz CT molecular complexity index is 460. The Balaban J connectivity index is 0. The normalized spacial score (nSPS) is 11.3. The van der Waals surface area contributed by atoms with Crippen molar-refractivity contribution in [3.8, 4) is 0 Å². The molecule has 0 bridgehead atoms. The number of ether oxygens (including phenoxy) is 3. The van der Waals surface area contributed by atoms with Gasteiger partial charge in [0.15, 0.2) is 0 Å². The van der Waals surface area contributed by atoms with Crippen molar-refractivity contribution in [3.05, 3.63) is 0 Å². The predicted molar refractivity (Wildman–Crippen MR) is 92.3 cm³/mol. The first-order valence-electron chi connectivity index (χ1n) is 8.19. The Hall–Kier alpha value is -2.36. The van der Waals surface area contributed by atoms with E-state index in [1.165, 1.54) is 0 Å². The van der Waals surface area contributed by atoms with Crippen LogP contribution >= 0.6 is 0 Å². The zero-order valence-electron chi connectivity index (χ0n) is 16.0. The number of carboxylic acids is 1. The lowest BCUT2D eigenvalue weighted by Crippen LogP contribution is -2.35. The Morgan fingerprint density at radius 3 is 2.04 bits per heavy atom. The van der Waals surface area contributed by atoms with Gasteiger partial charge in [-0.3, -0.25) is 14.4 Å². The van der Waals surface area contributed by atoms with Crippen molar-refractivity contribution in [3.63, 3.8) is 0 Å². The van der Waals surface area contributed by atoms with Crippen molar-refractivity contribution < 1.29 is 38.5 Å². The molecule has 0 spiro atoms. The lowest BCUT2D eigenvalue weighted by molar-refractivity contribution is -0.146. The van der Waals surface area contributed by atoms with Gasteiger partial charge in [0.2, 0.25) is 0 Å². The van der Waals surface area contributed by atoms with Crippen molar-refractivity contribution in [1.82, 2.24) is 5.32 Å². The third-order valence-electron chi connectivity index (χ3n) is 2.34. The van der Waals surface area contributed by atoms with E-state index in [0.717, 1.165) is 0 Å². The molecule has 0 aromatic heterocycles. The number of carboxylic acid groups (broad SMARTS) is 1. The summed E-state index contributed by atoms with van der Waals surface area (Å²) in [7, 11) is 0. The summed E-state index contributed by atoms with van der Waals surface area (Å²) in [5, 5.41) is 10.3. The van der Waals surface area contributed by atoms with E-state index in [4.69, 9.17) is 15.6 Å². The maximum atomic E-state index is 11.0. The minimum atomic E-state index is -1.10. The highest BCUT2D eigenvalue weighted by atomic mass is 16.6. The number of hydrogen-bond donors (Lipinski definition) is 3. The Morgan fingerprint density at radius 1 is 1.08 bits per heavy atom. The predicted octanol–water partition coefficient (Wildman–Crippen LogP) is 0.816. The number of rotatable bonds is 8. The minimum Gasteiger partial charge on any atom is -0.480 e. The van der Waals surface area contributed by atoms with Crippen LogP contribution in [-0.2, 0) is 28.6 Å². The summed E-state index contributed by atoms with van der Waals surface area (Å²) in [4.78, 5) is 42.7. The fourth-order valence-electron chi connectivity index (χ4n) is 1.34. The second-order valence-corrected chi connectivity index (χ2v) is 5.95. The van der Waals surface area contributed by atoms with Crippen LogP contribution in [0.4, 0.5) is 4.79 Å².